The molecule has 4 nitrogen and oxygen atoms in total. The van der Waals surface area contributed by atoms with Crippen molar-refractivity contribution in [3.05, 3.63) is 64.5 Å². The third-order valence-electron chi connectivity index (χ3n) is 4.28. The van der Waals surface area contributed by atoms with E-state index in [2.05, 4.69) is 17.1 Å². The molecule has 1 aliphatic heterocycles. The zero-order chi connectivity index (χ0) is 16.4. The predicted molar refractivity (Wildman–Crippen MR) is 95.0 cm³/mol. The maximum atomic E-state index is 12.7. The fourth-order valence-electron chi connectivity index (χ4n) is 3.02. The van der Waals surface area contributed by atoms with Gasteiger partial charge in [-0.2, -0.15) is 0 Å². The molecule has 0 unspecified atom stereocenters. The van der Waals surface area contributed by atoms with Gasteiger partial charge in [0.1, 0.15) is 6.10 Å². The van der Waals surface area contributed by atoms with Gasteiger partial charge in [-0.1, -0.05) is 24.3 Å². The summed E-state index contributed by atoms with van der Waals surface area (Å²) in [5, 5.41) is 3.11. The predicted octanol–water partition coefficient (Wildman–Crippen LogP) is 3.44. The Labute approximate surface area is 144 Å². The van der Waals surface area contributed by atoms with E-state index in [-0.39, 0.29) is 12.0 Å². The summed E-state index contributed by atoms with van der Waals surface area (Å²) in [6.07, 6.45) is 2.18. The SMILES string of the molecule is O=C(Cc1cnc2ccccc2c1)N1CCO[C@@H](c2cccs2)C1. The van der Waals surface area contributed by atoms with E-state index in [1.807, 2.05) is 40.6 Å². The number of amides is 1. The highest BCUT2D eigenvalue weighted by molar-refractivity contribution is 7.10. The lowest BCUT2D eigenvalue weighted by atomic mass is 10.1. The number of carbonyl (C=O) groups is 1. The summed E-state index contributed by atoms with van der Waals surface area (Å²) in [6, 6.07) is 14.1. The second kappa shape index (κ2) is 6.71. The van der Waals surface area contributed by atoms with Gasteiger partial charge in [-0.3, -0.25) is 9.78 Å². The molecule has 1 saturated heterocycles. The smallest absolute Gasteiger partial charge is 0.227 e. The molecule has 122 valence electrons. The summed E-state index contributed by atoms with van der Waals surface area (Å²) in [5.74, 6) is 0.136. The van der Waals surface area contributed by atoms with Crippen LogP contribution in [0.25, 0.3) is 10.9 Å². The number of hydrogen-bond donors (Lipinski definition) is 0. The van der Waals surface area contributed by atoms with Gasteiger partial charge >= 0.3 is 0 Å². The van der Waals surface area contributed by atoms with E-state index in [1.165, 1.54) is 4.88 Å². The van der Waals surface area contributed by atoms with E-state index in [9.17, 15) is 4.79 Å². The van der Waals surface area contributed by atoms with Gasteiger partial charge < -0.3 is 9.64 Å². The number of thiophene rings is 1. The molecule has 24 heavy (non-hydrogen) atoms. The second-order valence-corrected chi connectivity index (χ2v) is 6.91. The van der Waals surface area contributed by atoms with Crippen molar-refractivity contribution in [2.24, 2.45) is 0 Å². The third kappa shape index (κ3) is 3.18. The Bertz CT molecular complexity index is 847. The van der Waals surface area contributed by atoms with Gasteiger partial charge in [0.05, 0.1) is 25.1 Å². The van der Waals surface area contributed by atoms with Crippen LogP contribution in [0.2, 0.25) is 0 Å². The molecule has 0 radical (unpaired) electrons. The van der Waals surface area contributed by atoms with Crippen molar-refractivity contribution in [3.63, 3.8) is 0 Å². The lowest BCUT2D eigenvalue weighted by molar-refractivity contribution is -0.138. The van der Waals surface area contributed by atoms with E-state index in [4.69, 9.17) is 4.74 Å². The van der Waals surface area contributed by atoms with Crippen molar-refractivity contribution in [3.8, 4) is 0 Å². The molecule has 0 N–H and O–H groups in total. The monoisotopic (exact) mass is 338 g/mol. The fourth-order valence-corrected chi connectivity index (χ4v) is 3.79. The van der Waals surface area contributed by atoms with E-state index in [0.717, 1.165) is 16.5 Å². The summed E-state index contributed by atoms with van der Waals surface area (Å²) in [4.78, 5) is 20.2. The van der Waals surface area contributed by atoms with Gasteiger partial charge in [0.25, 0.3) is 0 Å². The maximum absolute atomic E-state index is 12.7. The van der Waals surface area contributed by atoms with Gasteiger partial charge in [0, 0.05) is 23.0 Å². The number of benzene rings is 1. The van der Waals surface area contributed by atoms with Crippen LogP contribution in [0.15, 0.2) is 54.0 Å². The lowest BCUT2D eigenvalue weighted by Crippen LogP contribution is -2.42. The van der Waals surface area contributed by atoms with Crippen LogP contribution in [0.3, 0.4) is 0 Å². The van der Waals surface area contributed by atoms with Crippen molar-refractivity contribution >= 4 is 28.1 Å². The fraction of sp³-hybridized carbons (Fsp3) is 0.263. The molecule has 1 aliphatic rings. The zero-order valence-electron chi connectivity index (χ0n) is 13.2. The molecular formula is C19H18N2O2S. The Morgan fingerprint density at radius 2 is 2.21 bits per heavy atom. The number of hydrogen-bond acceptors (Lipinski definition) is 4. The number of carbonyl (C=O) groups excluding carboxylic acids is 1. The number of fused-ring (bicyclic) bond motifs is 1. The van der Waals surface area contributed by atoms with Crippen molar-refractivity contribution < 1.29 is 9.53 Å². The highest BCUT2D eigenvalue weighted by Gasteiger charge is 2.26. The van der Waals surface area contributed by atoms with Gasteiger partial charge in [-0.15, -0.1) is 11.3 Å². The molecule has 0 aliphatic carbocycles. The normalized spacial score (nSPS) is 18.0. The Morgan fingerprint density at radius 1 is 1.29 bits per heavy atom. The van der Waals surface area contributed by atoms with Gasteiger partial charge in [0.2, 0.25) is 5.91 Å². The van der Waals surface area contributed by atoms with Crippen LogP contribution in [-0.4, -0.2) is 35.5 Å². The first-order chi connectivity index (χ1) is 11.8. The number of aromatic nitrogens is 1. The Balaban J connectivity index is 1.46. The first kappa shape index (κ1) is 15.3. The van der Waals surface area contributed by atoms with Gasteiger partial charge in [-0.25, -0.2) is 0 Å². The van der Waals surface area contributed by atoms with Crippen LogP contribution in [0.4, 0.5) is 0 Å². The Hall–Kier alpha value is -2.24. The molecule has 2 aromatic heterocycles. The summed E-state index contributed by atoms with van der Waals surface area (Å²) < 4.78 is 5.81. The molecule has 1 aromatic carbocycles. The van der Waals surface area contributed by atoms with Crippen LogP contribution in [0.5, 0.6) is 0 Å². The number of ether oxygens (including phenoxy) is 1. The Morgan fingerprint density at radius 3 is 3.08 bits per heavy atom. The van der Waals surface area contributed by atoms with Crippen LogP contribution in [0, 0.1) is 0 Å². The maximum Gasteiger partial charge on any atom is 0.227 e. The molecule has 0 spiro atoms. The van der Waals surface area contributed by atoms with E-state index in [0.29, 0.717) is 26.1 Å². The standard InChI is InChI=1S/C19H18N2O2S/c22-19(11-14-10-15-4-1-2-5-16(15)20-12-14)21-7-8-23-17(13-21)18-6-3-9-24-18/h1-6,9-10,12,17H,7-8,11,13H2/t17-/m1/s1. The summed E-state index contributed by atoms with van der Waals surface area (Å²) >= 11 is 1.68. The first-order valence-electron chi connectivity index (χ1n) is 8.06. The molecule has 1 amide bonds. The van der Waals surface area contributed by atoms with Crippen LogP contribution < -0.4 is 0 Å². The molecule has 3 aromatic rings. The minimum absolute atomic E-state index is 0.00238. The average Bonchev–Trinajstić information content (AvgIpc) is 3.16. The van der Waals surface area contributed by atoms with E-state index in [1.54, 1.807) is 17.5 Å². The lowest BCUT2D eigenvalue weighted by Gasteiger charge is -2.32. The highest BCUT2D eigenvalue weighted by atomic mass is 32.1. The zero-order valence-corrected chi connectivity index (χ0v) is 14.0. The van der Waals surface area contributed by atoms with Crippen LogP contribution >= 0.6 is 11.3 Å². The average molecular weight is 338 g/mol. The van der Waals surface area contributed by atoms with Gasteiger partial charge in [-0.05, 0) is 29.1 Å². The largest absolute Gasteiger partial charge is 0.369 e. The third-order valence-corrected chi connectivity index (χ3v) is 5.25. The minimum atomic E-state index is -0.00238. The second-order valence-electron chi connectivity index (χ2n) is 5.93. The van der Waals surface area contributed by atoms with Crippen molar-refractivity contribution in [1.82, 2.24) is 9.88 Å². The molecule has 0 bridgehead atoms. The molecule has 4 rings (SSSR count). The summed E-state index contributed by atoms with van der Waals surface area (Å²) in [7, 11) is 0. The Kier molecular flexibility index (Phi) is 4.28. The highest BCUT2D eigenvalue weighted by Crippen LogP contribution is 2.26. The van der Waals surface area contributed by atoms with E-state index >= 15 is 0 Å². The summed E-state index contributed by atoms with van der Waals surface area (Å²) in [5.41, 5.74) is 1.91. The number of morpholine rings is 1. The molecule has 0 saturated carbocycles. The summed E-state index contributed by atoms with van der Waals surface area (Å²) in [6.45, 7) is 1.87. The molecule has 1 fully saturated rings. The van der Waals surface area contributed by atoms with E-state index < -0.39 is 0 Å². The topological polar surface area (TPSA) is 42.4 Å². The number of rotatable bonds is 3. The van der Waals surface area contributed by atoms with Crippen molar-refractivity contribution in [2.45, 2.75) is 12.5 Å². The van der Waals surface area contributed by atoms with Gasteiger partial charge in [0.15, 0.2) is 0 Å². The number of pyridine rings is 1. The molecule has 3 heterocycles. The minimum Gasteiger partial charge on any atom is -0.369 e. The van der Waals surface area contributed by atoms with Crippen LogP contribution in [-0.2, 0) is 16.0 Å². The molecule has 1 atom stereocenters. The molecule has 5 heteroatoms. The van der Waals surface area contributed by atoms with Crippen molar-refractivity contribution in [1.29, 1.82) is 0 Å². The number of para-hydroxylation sites is 1. The first-order valence-corrected chi connectivity index (χ1v) is 8.94. The van der Waals surface area contributed by atoms with Crippen molar-refractivity contribution in [2.75, 3.05) is 19.7 Å². The number of nitrogens with zero attached hydrogens (tertiary/aromatic N) is 2. The quantitative estimate of drug-likeness (QED) is 0.735. The van der Waals surface area contributed by atoms with Crippen LogP contribution in [0.1, 0.15) is 16.5 Å². The molecular weight excluding hydrogens is 320 g/mol.